The van der Waals surface area contributed by atoms with E-state index in [1.807, 2.05) is 6.07 Å². The van der Waals surface area contributed by atoms with Crippen molar-refractivity contribution in [2.45, 2.75) is 45.6 Å². The molecule has 1 rings (SSSR count). The highest BCUT2D eigenvalue weighted by Crippen LogP contribution is 2.19. The minimum absolute atomic E-state index is 0.105. The molecule has 1 aromatic rings. The summed E-state index contributed by atoms with van der Waals surface area (Å²) < 4.78 is 40.6. The standard InChI is InChI=1S/C13H19F3N2O/c1-10(2)17-7-11-3-4-12(18-8-11)9-19-6-5-13(14,15)16/h3-4,8,10,17H,5-7,9H2,1-2H3. The molecule has 1 N–H and O–H groups in total. The predicted octanol–water partition coefficient (Wildman–Crippen LogP) is 3.05. The van der Waals surface area contributed by atoms with Crippen molar-refractivity contribution in [3.63, 3.8) is 0 Å². The van der Waals surface area contributed by atoms with E-state index in [-0.39, 0.29) is 13.2 Å². The van der Waals surface area contributed by atoms with Crippen LogP contribution in [0.1, 0.15) is 31.5 Å². The molecule has 0 aromatic carbocycles. The zero-order chi connectivity index (χ0) is 14.3. The first kappa shape index (κ1) is 15.9. The van der Waals surface area contributed by atoms with Gasteiger partial charge in [-0.05, 0) is 11.6 Å². The fraction of sp³-hybridized carbons (Fsp3) is 0.615. The van der Waals surface area contributed by atoms with Gasteiger partial charge in [0.05, 0.1) is 25.3 Å². The van der Waals surface area contributed by atoms with Gasteiger partial charge in [-0.25, -0.2) is 0 Å². The summed E-state index contributed by atoms with van der Waals surface area (Å²) >= 11 is 0. The Labute approximate surface area is 111 Å². The second-order valence-corrected chi connectivity index (χ2v) is 4.61. The minimum Gasteiger partial charge on any atom is -0.375 e. The zero-order valence-electron chi connectivity index (χ0n) is 11.1. The molecule has 0 saturated carbocycles. The molecule has 0 aliphatic heterocycles. The van der Waals surface area contributed by atoms with E-state index < -0.39 is 12.6 Å². The third kappa shape index (κ3) is 7.79. The van der Waals surface area contributed by atoms with Crippen LogP contribution in [0, 0.1) is 0 Å². The quantitative estimate of drug-likeness (QED) is 0.777. The maximum Gasteiger partial charge on any atom is 0.391 e. The van der Waals surface area contributed by atoms with Gasteiger partial charge >= 0.3 is 6.18 Å². The molecule has 0 unspecified atom stereocenters. The van der Waals surface area contributed by atoms with Crippen molar-refractivity contribution < 1.29 is 17.9 Å². The van der Waals surface area contributed by atoms with E-state index in [0.29, 0.717) is 11.7 Å². The lowest BCUT2D eigenvalue weighted by molar-refractivity contribution is -0.146. The van der Waals surface area contributed by atoms with Gasteiger partial charge in [0.2, 0.25) is 0 Å². The lowest BCUT2D eigenvalue weighted by Crippen LogP contribution is -2.21. The third-order valence-electron chi connectivity index (χ3n) is 2.38. The van der Waals surface area contributed by atoms with Crippen molar-refractivity contribution in [2.75, 3.05) is 6.61 Å². The molecular formula is C13H19F3N2O. The summed E-state index contributed by atoms with van der Waals surface area (Å²) in [5, 5.41) is 3.25. The summed E-state index contributed by atoms with van der Waals surface area (Å²) in [6.07, 6.45) is -3.39. The van der Waals surface area contributed by atoms with Crippen LogP contribution in [0.2, 0.25) is 0 Å². The molecule has 0 radical (unpaired) electrons. The largest absolute Gasteiger partial charge is 0.391 e. The maximum atomic E-state index is 11.9. The summed E-state index contributed by atoms with van der Waals surface area (Å²) in [5.74, 6) is 0. The van der Waals surface area contributed by atoms with E-state index in [9.17, 15) is 13.2 Å². The van der Waals surface area contributed by atoms with Gasteiger partial charge in [-0.1, -0.05) is 19.9 Å². The molecule has 0 saturated heterocycles. The van der Waals surface area contributed by atoms with Crippen molar-refractivity contribution >= 4 is 0 Å². The Hall–Kier alpha value is -1.14. The number of aromatic nitrogens is 1. The Balaban J connectivity index is 2.28. The van der Waals surface area contributed by atoms with Gasteiger partial charge in [-0.3, -0.25) is 4.98 Å². The van der Waals surface area contributed by atoms with Crippen LogP contribution >= 0.6 is 0 Å². The van der Waals surface area contributed by atoms with Gasteiger partial charge < -0.3 is 10.1 Å². The molecule has 0 aliphatic rings. The van der Waals surface area contributed by atoms with Gasteiger partial charge in [0.15, 0.2) is 0 Å². The number of nitrogens with zero attached hydrogens (tertiary/aromatic N) is 1. The van der Waals surface area contributed by atoms with Gasteiger partial charge in [0, 0.05) is 18.8 Å². The Morgan fingerprint density at radius 3 is 2.58 bits per heavy atom. The molecule has 0 amide bonds. The highest BCUT2D eigenvalue weighted by molar-refractivity contribution is 5.13. The van der Waals surface area contributed by atoms with E-state index >= 15 is 0 Å². The van der Waals surface area contributed by atoms with Gasteiger partial charge in [0.1, 0.15) is 0 Å². The highest BCUT2D eigenvalue weighted by Gasteiger charge is 2.26. The minimum atomic E-state index is -4.17. The molecule has 0 bridgehead atoms. The molecule has 6 heteroatoms. The van der Waals surface area contributed by atoms with Crippen LogP contribution in [0.4, 0.5) is 13.2 Å². The average molecular weight is 276 g/mol. The van der Waals surface area contributed by atoms with E-state index in [1.54, 1.807) is 12.3 Å². The Kier molecular flexibility index (Phi) is 6.24. The second kappa shape index (κ2) is 7.45. The third-order valence-corrected chi connectivity index (χ3v) is 2.38. The number of pyridine rings is 1. The molecule has 3 nitrogen and oxygen atoms in total. The number of hydrogen-bond acceptors (Lipinski definition) is 3. The van der Waals surface area contributed by atoms with E-state index in [4.69, 9.17) is 4.74 Å². The Bertz CT molecular complexity index is 363. The number of halogens is 3. The number of nitrogens with one attached hydrogen (secondary N) is 1. The van der Waals surface area contributed by atoms with Gasteiger partial charge in [0.25, 0.3) is 0 Å². The number of rotatable bonds is 7. The fourth-order valence-electron chi connectivity index (χ4n) is 1.33. The molecule has 1 aromatic heterocycles. The Morgan fingerprint density at radius 1 is 1.32 bits per heavy atom. The molecule has 19 heavy (non-hydrogen) atoms. The SMILES string of the molecule is CC(C)NCc1ccc(COCCC(F)(F)F)nc1. The van der Waals surface area contributed by atoms with Crippen LogP contribution in [0.25, 0.3) is 0 Å². The van der Waals surface area contributed by atoms with Crippen LogP contribution < -0.4 is 5.32 Å². The van der Waals surface area contributed by atoms with Crippen molar-refractivity contribution in [2.24, 2.45) is 0 Å². The topological polar surface area (TPSA) is 34.1 Å². The highest BCUT2D eigenvalue weighted by atomic mass is 19.4. The lowest BCUT2D eigenvalue weighted by atomic mass is 10.2. The number of hydrogen-bond donors (Lipinski definition) is 1. The van der Waals surface area contributed by atoms with Crippen LogP contribution in [0.3, 0.4) is 0 Å². The smallest absolute Gasteiger partial charge is 0.375 e. The monoisotopic (exact) mass is 276 g/mol. The van der Waals surface area contributed by atoms with Crippen LogP contribution in [-0.2, 0) is 17.9 Å². The molecule has 0 fully saturated rings. The van der Waals surface area contributed by atoms with E-state index in [2.05, 4.69) is 24.1 Å². The number of ether oxygens (including phenoxy) is 1. The van der Waals surface area contributed by atoms with Crippen molar-refractivity contribution in [1.29, 1.82) is 0 Å². The van der Waals surface area contributed by atoms with Crippen molar-refractivity contribution in [1.82, 2.24) is 10.3 Å². The van der Waals surface area contributed by atoms with Gasteiger partial charge in [-0.2, -0.15) is 13.2 Å². The van der Waals surface area contributed by atoms with Crippen molar-refractivity contribution in [3.8, 4) is 0 Å². The first-order chi connectivity index (χ1) is 8.87. The molecule has 0 aliphatic carbocycles. The summed E-state index contributed by atoms with van der Waals surface area (Å²) in [7, 11) is 0. The second-order valence-electron chi connectivity index (χ2n) is 4.61. The average Bonchev–Trinajstić information content (AvgIpc) is 2.32. The normalized spacial score (nSPS) is 12.1. The zero-order valence-corrected chi connectivity index (χ0v) is 11.1. The first-order valence-electron chi connectivity index (χ1n) is 6.18. The van der Waals surface area contributed by atoms with E-state index in [0.717, 1.165) is 12.1 Å². The predicted molar refractivity (Wildman–Crippen MR) is 66.5 cm³/mol. The van der Waals surface area contributed by atoms with Crippen LogP contribution in [0.5, 0.6) is 0 Å². The maximum absolute atomic E-state index is 11.9. The molecule has 108 valence electrons. The van der Waals surface area contributed by atoms with Crippen LogP contribution in [-0.4, -0.2) is 23.8 Å². The Morgan fingerprint density at radius 2 is 2.05 bits per heavy atom. The first-order valence-corrected chi connectivity index (χ1v) is 6.18. The molecule has 0 spiro atoms. The van der Waals surface area contributed by atoms with Gasteiger partial charge in [-0.15, -0.1) is 0 Å². The molecular weight excluding hydrogens is 257 g/mol. The summed E-state index contributed by atoms with van der Waals surface area (Å²) in [4.78, 5) is 4.14. The summed E-state index contributed by atoms with van der Waals surface area (Å²) in [6, 6.07) is 4.06. The van der Waals surface area contributed by atoms with E-state index in [1.165, 1.54) is 0 Å². The lowest BCUT2D eigenvalue weighted by Gasteiger charge is -2.09. The summed E-state index contributed by atoms with van der Waals surface area (Å²) in [5.41, 5.74) is 1.67. The molecule has 0 atom stereocenters. The fourth-order valence-corrected chi connectivity index (χ4v) is 1.33. The van der Waals surface area contributed by atoms with Crippen LogP contribution in [0.15, 0.2) is 18.3 Å². The van der Waals surface area contributed by atoms with Crippen molar-refractivity contribution in [3.05, 3.63) is 29.6 Å². The summed E-state index contributed by atoms with van der Waals surface area (Å²) in [6.45, 7) is 4.60. The number of alkyl halides is 3. The molecule has 1 heterocycles.